The first kappa shape index (κ1) is 87.4. The zero-order chi connectivity index (χ0) is 92.3. The molecule has 4 aliphatic carbocycles. The molecule has 0 unspecified atom stereocenters. The predicted molar refractivity (Wildman–Crippen MR) is 563 cm³/mol. The van der Waals surface area contributed by atoms with E-state index < -0.39 is 0 Å². The lowest BCUT2D eigenvalue weighted by atomic mass is 9.75. The number of aryl methyl sites for hydroxylation is 1. The smallest absolute Gasteiger partial charge is 0.0474 e. The van der Waals surface area contributed by atoms with Gasteiger partial charge in [-0.3, -0.25) is 0 Å². The fourth-order valence-electron chi connectivity index (χ4n) is 21.6. The van der Waals surface area contributed by atoms with Crippen molar-refractivity contribution in [1.82, 2.24) is 0 Å². The second kappa shape index (κ2) is 31.7. The number of anilines is 6. The molecule has 0 amide bonds. The Hall–Kier alpha value is -12.9. The summed E-state index contributed by atoms with van der Waals surface area (Å²) in [7, 11) is 0. The standard InChI is InChI=1S/C66H67N.C63H61N/c1-62(2,3)46-28-34-53-51-32-26-44(36-57(51)65(10,11)59(53)38-46)55-40-50(67(48-22-18-15-19-23-48)49-30-24-43(25-31-49)42-20-16-14-17-21-42)41-56(61(55)64(7,8)9)45-27-33-52-54-35-29-47(63(4,5)6)39-60(54)66(12,13)58(52)37-45;1-40-17-25-49(26-18-40)64(50-27-19-42(20-28-50)41-15-13-12-14-16-41)51-34-45(43-21-29-52-54-31-23-47(60(2,3)4)38-58(54)62(8,9)56(52)36-43)33-46(35-51)44-22-30-53-55-32-24-48(61(5,6)7)39-59(55)63(10,11)57(53)37-44/h14-41H,1-13H3;12-39H,1-11H3. The van der Waals surface area contributed by atoms with Crippen molar-refractivity contribution in [2.75, 3.05) is 9.80 Å². The molecular formula is C129H128N2. The number of hydrogen-bond donors (Lipinski definition) is 0. The zero-order valence-electron chi connectivity index (χ0n) is 81.7. The molecule has 654 valence electrons. The molecule has 0 atom stereocenters. The van der Waals surface area contributed by atoms with Crippen LogP contribution in [-0.2, 0) is 48.7 Å². The van der Waals surface area contributed by atoms with E-state index in [0.29, 0.717) is 0 Å². The Balaban J connectivity index is 0.000000170. The first-order valence-corrected chi connectivity index (χ1v) is 47.6. The lowest BCUT2D eigenvalue weighted by Crippen LogP contribution is -2.19. The van der Waals surface area contributed by atoms with Crippen molar-refractivity contribution in [3.8, 4) is 111 Å². The maximum absolute atomic E-state index is 2.53. The van der Waals surface area contributed by atoms with E-state index in [9.17, 15) is 0 Å². The van der Waals surface area contributed by atoms with Gasteiger partial charge >= 0.3 is 0 Å². The average Bonchev–Trinajstić information content (AvgIpc) is 1.58. The second-order valence-corrected chi connectivity index (χ2v) is 45.2. The van der Waals surface area contributed by atoms with Crippen LogP contribution in [0, 0.1) is 6.92 Å². The Morgan fingerprint density at radius 2 is 0.397 bits per heavy atom. The number of rotatable bonds is 12. The first-order valence-electron chi connectivity index (χ1n) is 47.6. The molecule has 0 heterocycles. The molecule has 2 heteroatoms. The average molecular weight is 1710 g/mol. The number of fused-ring (bicyclic) bond motifs is 12. The van der Waals surface area contributed by atoms with Gasteiger partial charge in [-0.1, -0.05) is 401 Å². The Morgan fingerprint density at radius 1 is 0.168 bits per heavy atom. The topological polar surface area (TPSA) is 6.48 Å². The lowest BCUT2D eigenvalue weighted by molar-refractivity contribution is 0.584. The predicted octanol–water partition coefficient (Wildman–Crippen LogP) is 36.3. The minimum Gasteiger partial charge on any atom is -0.310 e. The van der Waals surface area contributed by atoms with Gasteiger partial charge in [-0.2, -0.15) is 0 Å². The van der Waals surface area contributed by atoms with Crippen molar-refractivity contribution in [3.63, 3.8) is 0 Å². The highest BCUT2D eigenvalue weighted by Crippen LogP contribution is 2.59. The molecule has 0 aliphatic heterocycles. The van der Waals surface area contributed by atoms with Crippen LogP contribution in [0.1, 0.15) is 237 Å². The van der Waals surface area contributed by atoms with Crippen molar-refractivity contribution in [1.29, 1.82) is 0 Å². The van der Waals surface area contributed by atoms with Crippen LogP contribution in [0.2, 0.25) is 0 Å². The molecule has 0 N–H and O–H groups in total. The quantitative estimate of drug-likeness (QED) is 0.120. The summed E-state index contributed by atoms with van der Waals surface area (Å²) < 4.78 is 0. The van der Waals surface area contributed by atoms with Gasteiger partial charge in [-0.25, -0.2) is 0 Å². The third kappa shape index (κ3) is 15.6. The fourth-order valence-corrected chi connectivity index (χ4v) is 21.6. The van der Waals surface area contributed by atoms with Gasteiger partial charge in [0, 0.05) is 55.8 Å². The highest BCUT2D eigenvalue weighted by molar-refractivity contribution is 5.96. The maximum Gasteiger partial charge on any atom is 0.0474 e. The summed E-state index contributed by atoms with van der Waals surface area (Å²) in [5, 5.41) is 0. The molecule has 0 bridgehead atoms. The van der Waals surface area contributed by atoms with Crippen LogP contribution >= 0.6 is 0 Å². The summed E-state index contributed by atoms with van der Waals surface area (Å²) in [6.07, 6.45) is 0. The highest BCUT2D eigenvalue weighted by atomic mass is 15.1. The number of para-hydroxylation sites is 1. The minimum absolute atomic E-state index is 0.0704. The van der Waals surface area contributed by atoms with Gasteiger partial charge in [0.25, 0.3) is 0 Å². The zero-order valence-corrected chi connectivity index (χ0v) is 81.7. The van der Waals surface area contributed by atoms with E-state index in [-0.39, 0.29) is 48.7 Å². The van der Waals surface area contributed by atoms with Crippen molar-refractivity contribution < 1.29 is 0 Å². The molecule has 4 aliphatic rings. The van der Waals surface area contributed by atoms with Gasteiger partial charge in [-0.05, 0) is 321 Å². The summed E-state index contributed by atoms with van der Waals surface area (Å²) in [5.74, 6) is 0. The number of hydrogen-bond acceptors (Lipinski definition) is 2. The van der Waals surface area contributed by atoms with E-state index in [1.165, 1.54) is 189 Å². The van der Waals surface area contributed by atoms with Crippen LogP contribution in [0.25, 0.3) is 111 Å². The molecule has 0 radical (unpaired) electrons. The monoisotopic (exact) mass is 1710 g/mol. The summed E-state index contributed by atoms with van der Waals surface area (Å²) >= 11 is 0. The lowest BCUT2D eigenvalue weighted by Gasteiger charge is -2.32. The third-order valence-corrected chi connectivity index (χ3v) is 29.5. The van der Waals surface area contributed by atoms with E-state index >= 15 is 0 Å². The van der Waals surface area contributed by atoms with Crippen LogP contribution < -0.4 is 9.80 Å². The van der Waals surface area contributed by atoms with Crippen molar-refractivity contribution in [2.45, 2.75) is 215 Å². The van der Waals surface area contributed by atoms with Crippen LogP contribution in [0.4, 0.5) is 34.1 Å². The largest absolute Gasteiger partial charge is 0.310 e. The molecule has 0 saturated heterocycles. The van der Waals surface area contributed by atoms with Gasteiger partial charge in [-0.15, -0.1) is 0 Å². The molecule has 0 spiro atoms. The molecular weight excluding hydrogens is 1580 g/mol. The molecule has 0 aromatic heterocycles. The molecule has 0 saturated carbocycles. The molecule has 131 heavy (non-hydrogen) atoms. The van der Waals surface area contributed by atoms with Crippen LogP contribution in [-0.4, -0.2) is 0 Å². The summed E-state index contributed by atoms with van der Waals surface area (Å²) in [6.45, 7) is 56.5. The number of nitrogens with zero attached hydrogens (tertiary/aromatic N) is 2. The summed E-state index contributed by atoms with van der Waals surface area (Å²) in [4.78, 5) is 4.89. The van der Waals surface area contributed by atoms with Crippen molar-refractivity contribution in [3.05, 3.63) is 418 Å². The Kier molecular flexibility index (Phi) is 21.2. The first-order chi connectivity index (χ1) is 62.0. The maximum atomic E-state index is 2.53. The Morgan fingerprint density at radius 3 is 0.687 bits per heavy atom. The Bertz CT molecular complexity index is 6860. The molecule has 20 rings (SSSR count). The van der Waals surface area contributed by atoms with Crippen LogP contribution in [0.15, 0.2) is 340 Å². The normalized spacial score (nSPS) is 14.5. The van der Waals surface area contributed by atoms with E-state index in [1.54, 1.807) is 0 Å². The summed E-state index contributed by atoms with van der Waals surface area (Å²) in [6, 6.07) is 129. The molecule has 2 nitrogen and oxygen atoms in total. The van der Waals surface area contributed by atoms with Gasteiger partial charge in [0.15, 0.2) is 0 Å². The van der Waals surface area contributed by atoms with E-state index in [0.717, 1.165) is 34.1 Å². The fraction of sp³-hybridized carbons (Fsp3) is 0.256. The van der Waals surface area contributed by atoms with E-state index in [4.69, 9.17) is 0 Å². The molecule has 16 aromatic carbocycles. The van der Waals surface area contributed by atoms with E-state index in [1.807, 2.05) is 0 Å². The highest BCUT2D eigenvalue weighted by Gasteiger charge is 2.43. The molecule has 16 aromatic rings. The van der Waals surface area contributed by atoms with Crippen molar-refractivity contribution >= 4 is 34.1 Å². The Labute approximate surface area is 782 Å². The second-order valence-electron chi connectivity index (χ2n) is 45.2. The van der Waals surface area contributed by atoms with Gasteiger partial charge in [0.05, 0.1) is 0 Å². The summed E-state index contributed by atoms with van der Waals surface area (Å²) in [5.41, 5.74) is 51.1. The molecule has 0 fully saturated rings. The van der Waals surface area contributed by atoms with Gasteiger partial charge < -0.3 is 9.80 Å². The van der Waals surface area contributed by atoms with E-state index in [2.05, 4.69) is 516 Å². The minimum atomic E-state index is -0.198. The SMILES string of the molecule is CC(C)(C)c1ccc2c(c1)C(C)(C)c1cc(-c3cc(N(c4ccccc4)c4ccc(-c5ccccc5)cc4)cc(-c4ccc5c(c4)C(C)(C)c4cc(C(C)(C)C)ccc4-5)c3C(C)(C)C)ccc1-2.Cc1ccc(N(c2ccc(-c3ccccc3)cc2)c2cc(-c3ccc4c(c3)C(C)(C)c3cc(C(C)(C)C)ccc3-4)cc(-c3ccc4c(c3)C(C)(C)c3cc(C(C)(C)C)ccc3-4)c2)cc1. The van der Waals surface area contributed by atoms with Gasteiger partial charge in [0.2, 0.25) is 0 Å². The third-order valence-electron chi connectivity index (χ3n) is 29.5. The van der Waals surface area contributed by atoms with Crippen molar-refractivity contribution in [2.24, 2.45) is 0 Å². The van der Waals surface area contributed by atoms with Crippen LogP contribution in [0.3, 0.4) is 0 Å². The number of benzene rings is 16. The van der Waals surface area contributed by atoms with Crippen LogP contribution in [0.5, 0.6) is 0 Å². The van der Waals surface area contributed by atoms with Gasteiger partial charge in [0.1, 0.15) is 0 Å².